The van der Waals surface area contributed by atoms with Gasteiger partial charge in [0.1, 0.15) is 5.75 Å². The van der Waals surface area contributed by atoms with Gasteiger partial charge in [-0.15, -0.1) is 0 Å². The summed E-state index contributed by atoms with van der Waals surface area (Å²) in [6.07, 6.45) is 0.0304. The molecule has 1 heterocycles. The number of anilines is 1. The Morgan fingerprint density at radius 3 is 2.61 bits per heavy atom. The fourth-order valence-electron chi connectivity index (χ4n) is 3.01. The Balaban J connectivity index is 1.47. The number of nitrogens with one attached hydrogen (secondary N) is 1. The third-order valence-corrected chi connectivity index (χ3v) is 4.47. The summed E-state index contributed by atoms with van der Waals surface area (Å²) in [6, 6.07) is 16.7. The van der Waals surface area contributed by atoms with Crippen LogP contribution < -0.4 is 10.1 Å². The summed E-state index contributed by atoms with van der Waals surface area (Å²) < 4.78 is 11.4. The molecule has 1 saturated heterocycles. The fraction of sp³-hybridized carbons (Fsp3) is 0.333. The van der Waals surface area contributed by atoms with Crippen molar-refractivity contribution in [3.63, 3.8) is 0 Å². The van der Waals surface area contributed by atoms with Crippen LogP contribution in [0, 0.1) is 0 Å². The fourth-order valence-corrected chi connectivity index (χ4v) is 3.01. The predicted octanol–water partition coefficient (Wildman–Crippen LogP) is 2.55. The van der Waals surface area contributed by atoms with Crippen LogP contribution in [0.25, 0.3) is 0 Å². The normalized spacial score (nSPS) is 17.1. The molecule has 1 fully saturated rings. The Labute approximate surface area is 163 Å². The molecule has 0 aromatic heterocycles. The molecule has 0 bridgehead atoms. The van der Waals surface area contributed by atoms with E-state index in [1.807, 2.05) is 54.6 Å². The molecular weight excluding hydrogens is 360 g/mol. The molecule has 1 aliphatic heterocycles. The maximum absolute atomic E-state index is 11.9. The van der Waals surface area contributed by atoms with Crippen LogP contribution in [0.5, 0.6) is 5.75 Å². The minimum Gasteiger partial charge on any atom is -0.484 e. The first-order chi connectivity index (χ1) is 13.6. The van der Waals surface area contributed by atoms with Crippen molar-refractivity contribution in [2.45, 2.75) is 12.5 Å². The largest absolute Gasteiger partial charge is 0.484 e. The molecule has 0 aliphatic carbocycles. The van der Waals surface area contributed by atoms with Crippen LogP contribution in [-0.2, 0) is 14.3 Å². The van der Waals surface area contributed by atoms with Gasteiger partial charge < -0.3 is 19.9 Å². The molecule has 1 atom stereocenters. The number of amides is 1. The second kappa shape index (κ2) is 9.87. The lowest BCUT2D eigenvalue weighted by Gasteiger charge is -2.32. The number of rotatable bonds is 8. The van der Waals surface area contributed by atoms with Crippen molar-refractivity contribution < 1.29 is 24.2 Å². The van der Waals surface area contributed by atoms with Crippen molar-refractivity contribution in [1.29, 1.82) is 0 Å². The maximum Gasteiger partial charge on any atom is 0.304 e. The average molecular weight is 384 g/mol. The number of ether oxygens (including phenoxy) is 2. The Hall–Kier alpha value is -2.90. The number of carboxylic acids is 1. The number of hydrogen-bond acceptors (Lipinski definition) is 5. The summed E-state index contributed by atoms with van der Waals surface area (Å²) in [6.45, 7) is 2.42. The van der Waals surface area contributed by atoms with Crippen molar-refractivity contribution in [2.75, 3.05) is 38.2 Å². The number of nitrogens with zero attached hydrogens (tertiary/aromatic N) is 1. The number of benzene rings is 2. The first-order valence-corrected chi connectivity index (χ1v) is 9.23. The van der Waals surface area contributed by atoms with E-state index in [1.54, 1.807) is 0 Å². The molecule has 3 rings (SSSR count). The summed E-state index contributed by atoms with van der Waals surface area (Å²) in [5.74, 6) is -0.411. The van der Waals surface area contributed by atoms with Crippen molar-refractivity contribution in [3.05, 3.63) is 60.2 Å². The topological polar surface area (TPSA) is 88.1 Å². The van der Waals surface area contributed by atoms with Crippen LogP contribution in [0.3, 0.4) is 0 Å². The average Bonchev–Trinajstić information content (AvgIpc) is 2.72. The number of hydrogen-bond donors (Lipinski definition) is 2. The second-order valence-corrected chi connectivity index (χ2v) is 6.58. The number of carbonyl (C=O) groups excluding carboxylic acids is 1. The Kier molecular flexibility index (Phi) is 7.00. The molecule has 7 heteroatoms. The molecule has 0 radical (unpaired) electrons. The molecule has 2 aromatic carbocycles. The Morgan fingerprint density at radius 1 is 1.14 bits per heavy atom. The third kappa shape index (κ3) is 6.07. The van der Waals surface area contributed by atoms with Gasteiger partial charge in [0.25, 0.3) is 5.91 Å². The van der Waals surface area contributed by atoms with Crippen molar-refractivity contribution in [1.82, 2.24) is 4.90 Å². The van der Waals surface area contributed by atoms with Crippen LogP contribution in [-0.4, -0.2) is 54.7 Å². The highest BCUT2D eigenvalue weighted by Crippen LogP contribution is 2.24. The standard InChI is InChI=1S/C21H24N2O5/c24-20(22-17-4-2-1-3-5-17)15-28-18-8-6-16(7-9-18)19-14-23(12-13-27-19)11-10-21(25)26/h1-9,19H,10-15H2,(H,22,24)(H,25,26). The monoisotopic (exact) mass is 384 g/mol. The Morgan fingerprint density at radius 2 is 1.89 bits per heavy atom. The van der Waals surface area contributed by atoms with Gasteiger partial charge in [-0.05, 0) is 29.8 Å². The van der Waals surface area contributed by atoms with E-state index < -0.39 is 5.97 Å². The third-order valence-electron chi connectivity index (χ3n) is 4.47. The van der Waals surface area contributed by atoms with E-state index in [0.717, 1.165) is 17.8 Å². The van der Waals surface area contributed by atoms with Gasteiger partial charge in [0.15, 0.2) is 6.61 Å². The van der Waals surface area contributed by atoms with Crippen LogP contribution in [0.4, 0.5) is 5.69 Å². The molecule has 0 spiro atoms. The minimum atomic E-state index is -0.791. The lowest BCUT2D eigenvalue weighted by atomic mass is 10.1. The molecule has 1 aliphatic rings. The molecular formula is C21H24N2O5. The van der Waals surface area contributed by atoms with E-state index in [4.69, 9.17) is 14.6 Å². The molecule has 2 aromatic rings. The zero-order valence-electron chi connectivity index (χ0n) is 15.5. The molecule has 28 heavy (non-hydrogen) atoms. The van der Waals surface area contributed by atoms with Crippen LogP contribution in [0.2, 0.25) is 0 Å². The smallest absolute Gasteiger partial charge is 0.304 e. The number of aliphatic carboxylic acids is 1. The quantitative estimate of drug-likeness (QED) is 0.727. The summed E-state index contributed by atoms with van der Waals surface area (Å²) in [7, 11) is 0. The van der Waals surface area contributed by atoms with E-state index in [2.05, 4.69) is 10.2 Å². The van der Waals surface area contributed by atoms with Gasteiger partial charge in [0.2, 0.25) is 0 Å². The van der Waals surface area contributed by atoms with Crippen LogP contribution in [0.15, 0.2) is 54.6 Å². The van der Waals surface area contributed by atoms with Crippen LogP contribution >= 0.6 is 0 Å². The van der Waals surface area contributed by atoms with Gasteiger partial charge in [-0.3, -0.25) is 14.5 Å². The van der Waals surface area contributed by atoms with E-state index in [0.29, 0.717) is 25.4 Å². The zero-order valence-corrected chi connectivity index (χ0v) is 15.5. The molecule has 2 N–H and O–H groups in total. The number of morpholine rings is 1. The van der Waals surface area contributed by atoms with Crippen molar-refractivity contribution in [2.24, 2.45) is 0 Å². The van der Waals surface area contributed by atoms with Crippen molar-refractivity contribution in [3.8, 4) is 5.75 Å². The number of carboxylic acid groups (broad SMARTS) is 1. The lowest BCUT2D eigenvalue weighted by Crippen LogP contribution is -2.39. The minimum absolute atomic E-state index is 0.0723. The van der Waals surface area contributed by atoms with Gasteiger partial charge in [-0.25, -0.2) is 0 Å². The van der Waals surface area contributed by atoms with Gasteiger partial charge in [-0.1, -0.05) is 30.3 Å². The summed E-state index contributed by atoms with van der Waals surface area (Å²) >= 11 is 0. The molecule has 1 amide bonds. The Bertz CT molecular complexity index is 779. The maximum atomic E-state index is 11.9. The first kappa shape index (κ1) is 19.9. The zero-order chi connectivity index (χ0) is 19.8. The lowest BCUT2D eigenvalue weighted by molar-refractivity contribution is -0.137. The van der Waals surface area contributed by atoms with E-state index in [1.165, 1.54) is 0 Å². The summed E-state index contributed by atoms with van der Waals surface area (Å²) in [5.41, 5.74) is 1.73. The van der Waals surface area contributed by atoms with Gasteiger partial charge in [0, 0.05) is 25.3 Å². The highest BCUT2D eigenvalue weighted by molar-refractivity contribution is 5.91. The van der Waals surface area contributed by atoms with E-state index in [-0.39, 0.29) is 25.0 Å². The molecule has 0 saturated carbocycles. The summed E-state index contributed by atoms with van der Waals surface area (Å²) in [4.78, 5) is 24.8. The molecule has 1 unspecified atom stereocenters. The van der Waals surface area contributed by atoms with Gasteiger partial charge in [0.05, 0.1) is 19.1 Å². The number of carbonyl (C=O) groups is 2. The summed E-state index contributed by atoms with van der Waals surface area (Å²) in [5, 5.41) is 11.6. The predicted molar refractivity (Wildman–Crippen MR) is 104 cm³/mol. The van der Waals surface area contributed by atoms with E-state index in [9.17, 15) is 9.59 Å². The first-order valence-electron chi connectivity index (χ1n) is 9.23. The number of para-hydroxylation sites is 1. The highest BCUT2D eigenvalue weighted by atomic mass is 16.5. The highest BCUT2D eigenvalue weighted by Gasteiger charge is 2.22. The van der Waals surface area contributed by atoms with E-state index >= 15 is 0 Å². The molecule has 7 nitrogen and oxygen atoms in total. The van der Waals surface area contributed by atoms with Crippen LogP contribution in [0.1, 0.15) is 18.1 Å². The SMILES string of the molecule is O=C(O)CCN1CCOC(c2ccc(OCC(=O)Nc3ccccc3)cc2)C1. The van der Waals surface area contributed by atoms with Gasteiger partial charge >= 0.3 is 5.97 Å². The second-order valence-electron chi connectivity index (χ2n) is 6.58. The van der Waals surface area contributed by atoms with Gasteiger partial charge in [-0.2, -0.15) is 0 Å². The molecule has 148 valence electrons. The van der Waals surface area contributed by atoms with Crippen molar-refractivity contribution >= 4 is 17.6 Å².